The van der Waals surface area contributed by atoms with Crippen molar-refractivity contribution >= 4 is 35.2 Å². The molecule has 11 heteroatoms. The van der Waals surface area contributed by atoms with Gasteiger partial charge in [-0.1, -0.05) is 18.2 Å². The molecule has 0 saturated carbocycles. The van der Waals surface area contributed by atoms with Gasteiger partial charge in [0.2, 0.25) is 11.8 Å². The fourth-order valence-corrected chi connectivity index (χ4v) is 4.73. The molecule has 1 unspecified atom stereocenters. The lowest BCUT2D eigenvalue weighted by molar-refractivity contribution is -0.161. The van der Waals surface area contributed by atoms with Gasteiger partial charge in [-0.15, -0.1) is 11.8 Å². The molecule has 0 radical (unpaired) electrons. The number of hydrogen-bond donors (Lipinski definition) is 3. The highest BCUT2D eigenvalue weighted by Gasteiger charge is 2.64. The Hall–Kier alpha value is -2.34. The number of fused-ring (bicyclic) bond motifs is 1. The van der Waals surface area contributed by atoms with E-state index in [1.807, 2.05) is 30.3 Å². The molecule has 0 spiro atoms. The summed E-state index contributed by atoms with van der Waals surface area (Å²) in [5, 5.41) is 14.7. The minimum Gasteiger partial charge on any atom is -0.480 e. The zero-order chi connectivity index (χ0) is 17.5. The van der Waals surface area contributed by atoms with E-state index < -0.39 is 22.8 Å². The molecule has 0 aromatic heterocycles. The van der Waals surface area contributed by atoms with Crippen molar-refractivity contribution in [2.24, 2.45) is 0 Å². The molecule has 2 aliphatic heterocycles. The second-order valence-corrected chi connectivity index (χ2v) is 8.13. The molecule has 2 amide bonds. The number of aliphatic carboxylic acids is 1. The van der Waals surface area contributed by atoms with Crippen LogP contribution in [0.4, 0.5) is 5.69 Å². The number of nitrogens with zero attached hydrogens (tertiary/aromatic N) is 1. The van der Waals surface area contributed by atoms with Gasteiger partial charge in [-0.2, -0.15) is 0 Å². The third-order valence-electron chi connectivity index (χ3n) is 4.22. The maximum atomic E-state index is 12.3. The van der Waals surface area contributed by atoms with Crippen molar-refractivity contribution in [3.8, 4) is 0 Å². The third-order valence-corrected chi connectivity index (χ3v) is 5.79. The first kappa shape index (κ1) is 24.7. The van der Waals surface area contributed by atoms with Crippen molar-refractivity contribution in [2.75, 3.05) is 11.9 Å². The summed E-state index contributed by atoms with van der Waals surface area (Å²) in [7, 11) is 0. The highest BCUT2D eigenvalue weighted by molar-refractivity contribution is 8.01. The van der Waals surface area contributed by atoms with Gasteiger partial charge in [0, 0.05) is 10.4 Å². The first-order valence-electron chi connectivity index (χ1n) is 7.62. The second kappa shape index (κ2) is 9.04. The lowest BCUT2D eigenvalue weighted by atomic mass is 9.96. The quantitative estimate of drug-likeness (QED) is 0.488. The SMILES string of the molecule is CC1(C)S[C@@H]2C(NC(=O)CNc3ccccc3)C(=O)N2[C@H]1C(=O)O.O.O.O. The van der Waals surface area contributed by atoms with Crippen LogP contribution in [0.25, 0.3) is 0 Å². The Morgan fingerprint density at radius 3 is 2.33 bits per heavy atom. The molecule has 10 nitrogen and oxygen atoms in total. The number of thioether (sulfide) groups is 1. The van der Waals surface area contributed by atoms with E-state index >= 15 is 0 Å². The molecule has 1 aromatic rings. The molecular weight excluding hydrogens is 378 g/mol. The van der Waals surface area contributed by atoms with Crippen LogP contribution < -0.4 is 10.6 Å². The van der Waals surface area contributed by atoms with Crippen LogP contribution in [0.15, 0.2) is 30.3 Å². The first-order valence-corrected chi connectivity index (χ1v) is 8.50. The molecule has 2 aliphatic rings. The van der Waals surface area contributed by atoms with Crippen molar-refractivity contribution in [1.29, 1.82) is 0 Å². The molecule has 0 aliphatic carbocycles. The highest BCUT2D eigenvalue weighted by Crippen LogP contribution is 2.50. The summed E-state index contributed by atoms with van der Waals surface area (Å²) in [5.41, 5.74) is 0.816. The average Bonchev–Trinajstić information content (AvgIpc) is 2.80. The van der Waals surface area contributed by atoms with E-state index in [9.17, 15) is 19.5 Å². The molecule has 9 N–H and O–H groups in total. The predicted octanol–water partition coefficient (Wildman–Crippen LogP) is -1.74. The fraction of sp³-hybridized carbons (Fsp3) is 0.438. The van der Waals surface area contributed by atoms with Crippen molar-refractivity contribution < 1.29 is 35.9 Å². The third kappa shape index (κ3) is 4.50. The number of amides is 2. The Bertz CT molecular complexity index is 686. The van der Waals surface area contributed by atoms with Gasteiger partial charge in [0.15, 0.2) is 0 Å². The Balaban J connectivity index is 0.00000225. The highest BCUT2D eigenvalue weighted by atomic mass is 32.2. The Kier molecular flexibility index (Phi) is 8.26. The summed E-state index contributed by atoms with van der Waals surface area (Å²) in [5.74, 6) is -1.65. The summed E-state index contributed by atoms with van der Waals surface area (Å²) >= 11 is 1.41. The van der Waals surface area contributed by atoms with Gasteiger partial charge >= 0.3 is 5.97 Å². The molecule has 1 aromatic carbocycles. The van der Waals surface area contributed by atoms with Gasteiger partial charge < -0.3 is 37.1 Å². The minimum absolute atomic E-state index is 0. The molecule has 3 atom stereocenters. The summed E-state index contributed by atoms with van der Waals surface area (Å²) < 4.78 is -0.589. The number of rotatable bonds is 5. The van der Waals surface area contributed by atoms with Crippen LogP contribution in [-0.2, 0) is 14.4 Å². The molecule has 3 rings (SSSR count). The van der Waals surface area contributed by atoms with E-state index in [-0.39, 0.29) is 40.2 Å². The number of para-hydroxylation sites is 1. The number of carboxylic acid groups (broad SMARTS) is 1. The zero-order valence-electron chi connectivity index (χ0n) is 14.9. The van der Waals surface area contributed by atoms with Gasteiger partial charge in [0.25, 0.3) is 0 Å². The predicted molar refractivity (Wildman–Crippen MR) is 101 cm³/mol. The molecule has 2 fully saturated rings. The van der Waals surface area contributed by atoms with E-state index in [4.69, 9.17) is 0 Å². The van der Waals surface area contributed by atoms with Gasteiger partial charge in [-0.05, 0) is 26.0 Å². The van der Waals surface area contributed by atoms with E-state index in [0.29, 0.717) is 0 Å². The Labute approximate surface area is 160 Å². The number of carboxylic acids is 1. The zero-order valence-corrected chi connectivity index (χ0v) is 15.7. The van der Waals surface area contributed by atoms with Crippen LogP contribution in [0, 0.1) is 0 Å². The van der Waals surface area contributed by atoms with Gasteiger partial charge in [0.05, 0.1) is 6.54 Å². The minimum atomic E-state index is -1.01. The van der Waals surface area contributed by atoms with Crippen LogP contribution in [0.5, 0.6) is 0 Å². The Morgan fingerprint density at radius 2 is 1.78 bits per heavy atom. The second-order valence-electron chi connectivity index (χ2n) is 6.36. The van der Waals surface area contributed by atoms with Crippen molar-refractivity contribution in [3.63, 3.8) is 0 Å². The summed E-state index contributed by atoms with van der Waals surface area (Å²) in [6, 6.07) is 7.75. The lowest BCUT2D eigenvalue weighted by Crippen LogP contribution is -2.70. The fourth-order valence-electron chi connectivity index (χ4n) is 3.11. The van der Waals surface area contributed by atoms with E-state index in [1.54, 1.807) is 13.8 Å². The van der Waals surface area contributed by atoms with Gasteiger partial charge in [0.1, 0.15) is 17.5 Å². The number of carbonyl (C=O) groups is 3. The molecule has 152 valence electrons. The number of hydrogen-bond acceptors (Lipinski definition) is 5. The van der Waals surface area contributed by atoms with E-state index in [2.05, 4.69) is 10.6 Å². The van der Waals surface area contributed by atoms with E-state index in [0.717, 1.165) is 5.69 Å². The first-order chi connectivity index (χ1) is 11.3. The van der Waals surface area contributed by atoms with E-state index in [1.165, 1.54) is 16.7 Å². The lowest BCUT2D eigenvalue weighted by Gasteiger charge is -2.43. The standard InChI is InChI=1S/C16H19N3O4S.3H2O/c1-16(2)12(15(22)23)19-13(21)11(14(19)24-16)18-10(20)8-17-9-6-4-3-5-7-9;;;/h3-7,11-12,14,17H,8H2,1-2H3,(H,18,20)(H,22,23);3*1H2/t11?,12-,14+;;;/m0.../s1. The van der Waals surface area contributed by atoms with Crippen LogP contribution in [0.3, 0.4) is 0 Å². The number of β-lactam (4-membered cyclic amide) rings is 1. The summed E-state index contributed by atoms with van der Waals surface area (Å²) in [6.07, 6.45) is 0. The Morgan fingerprint density at radius 1 is 1.19 bits per heavy atom. The molecule has 0 bridgehead atoms. The summed E-state index contributed by atoms with van der Waals surface area (Å²) in [4.78, 5) is 37.1. The maximum absolute atomic E-state index is 12.3. The van der Waals surface area contributed by atoms with Gasteiger partial charge in [-0.3, -0.25) is 9.59 Å². The van der Waals surface area contributed by atoms with Crippen LogP contribution in [0.2, 0.25) is 0 Å². The molecule has 2 heterocycles. The number of nitrogens with one attached hydrogen (secondary N) is 2. The summed E-state index contributed by atoms with van der Waals surface area (Å²) in [6.45, 7) is 3.66. The van der Waals surface area contributed by atoms with Gasteiger partial charge in [-0.25, -0.2) is 4.79 Å². The average molecular weight is 403 g/mol. The number of anilines is 1. The topological polar surface area (TPSA) is 193 Å². The van der Waals surface area contributed by atoms with Crippen LogP contribution in [-0.4, -0.2) is 73.0 Å². The van der Waals surface area contributed by atoms with Crippen LogP contribution >= 0.6 is 11.8 Å². The normalized spacial score (nSPS) is 24.1. The van der Waals surface area contributed by atoms with Crippen molar-refractivity contribution in [3.05, 3.63) is 30.3 Å². The molecule has 27 heavy (non-hydrogen) atoms. The smallest absolute Gasteiger partial charge is 0.327 e. The molecular formula is C16H25N3O7S. The van der Waals surface area contributed by atoms with Crippen molar-refractivity contribution in [1.82, 2.24) is 10.2 Å². The molecule has 2 saturated heterocycles. The van der Waals surface area contributed by atoms with Crippen molar-refractivity contribution in [2.45, 2.75) is 36.1 Å². The van der Waals surface area contributed by atoms with Crippen LogP contribution in [0.1, 0.15) is 13.8 Å². The largest absolute Gasteiger partial charge is 0.480 e. The monoisotopic (exact) mass is 403 g/mol. The number of benzene rings is 1. The number of carbonyl (C=O) groups excluding carboxylic acids is 2. The maximum Gasteiger partial charge on any atom is 0.327 e.